The summed E-state index contributed by atoms with van der Waals surface area (Å²) in [5.74, 6) is 0.662. The molecule has 0 unspecified atom stereocenters. The zero-order chi connectivity index (χ0) is 14.9. The van der Waals surface area contributed by atoms with E-state index in [-0.39, 0.29) is 0 Å². The van der Waals surface area contributed by atoms with Gasteiger partial charge in [-0.3, -0.25) is 0 Å². The van der Waals surface area contributed by atoms with Crippen LogP contribution in [-0.4, -0.2) is 10.2 Å². The van der Waals surface area contributed by atoms with Crippen LogP contribution in [0.2, 0.25) is 0 Å². The standard InChI is InChI=1S/C17H21NO2/c1-10-4-13(5-11(2)16(10)19)7-15-8-14(9-18)6-12(3)17(15)20/h4-6,8,19-20H,7,9,18H2,1-3H3. The molecule has 0 aromatic heterocycles. The van der Waals surface area contributed by atoms with Gasteiger partial charge in [-0.05, 0) is 54.2 Å². The molecule has 106 valence electrons. The van der Waals surface area contributed by atoms with Crippen molar-refractivity contribution in [2.75, 3.05) is 0 Å². The highest BCUT2D eigenvalue weighted by Gasteiger charge is 2.10. The van der Waals surface area contributed by atoms with E-state index in [0.29, 0.717) is 24.5 Å². The predicted molar refractivity (Wildman–Crippen MR) is 81.1 cm³/mol. The van der Waals surface area contributed by atoms with Crippen LogP contribution in [0.15, 0.2) is 24.3 Å². The van der Waals surface area contributed by atoms with Gasteiger partial charge in [-0.25, -0.2) is 0 Å². The number of aryl methyl sites for hydroxylation is 3. The number of phenols is 2. The SMILES string of the molecule is Cc1cc(Cc2cc(CN)cc(C)c2O)cc(C)c1O. The Hall–Kier alpha value is -2.00. The fourth-order valence-electron chi connectivity index (χ4n) is 2.55. The molecule has 0 heterocycles. The number of hydrogen-bond acceptors (Lipinski definition) is 3. The van der Waals surface area contributed by atoms with Gasteiger partial charge in [0.2, 0.25) is 0 Å². The predicted octanol–water partition coefficient (Wildman–Crippen LogP) is 3.07. The number of hydrogen-bond donors (Lipinski definition) is 3. The van der Waals surface area contributed by atoms with Crippen molar-refractivity contribution in [2.24, 2.45) is 5.73 Å². The van der Waals surface area contributed by atoms with Crippen molar-refractivity contribution in [1.29, 1.82) is 0 Å². The molecule has 0 radical (unpaired) electrons. The minimum absolute atomic E-state index is 0.325. The second-order valence-electron chi connectivity index (χ2n) is 5.38. The number of benzene rings is 2. The molecule has 2 aromatic rings. The highest BCUT2D eigenvalue weighted by molar-refractivity contribution is 5.48. The highest BCUT2D eigenvalue weighted by Crippen LogP contribution is 2.29. The van der Waals surface area contributed by atoms with E-state index >= 15 is 0 Å². The van der Waals surface area contributed by atoms with Gasteiger partial charge >= 0.3 is 0 Å². The van der Waals surface area contributed by atoms with Crippen LogP contribution in [0.5, 0.6) is 11.5 Å². The van der Waals surface area contributed by atoms with Gasteiger partial charge in [0.1, 0.15) is 11.5 Å². The summed E-state index contributed by atoms with van der Waals surface area (Å²) in [6, 6.07) is 7.75. The van der Waals surface area contributed by atoms with Gasteiger partial charge in [0.15, 0.2) is 0 Å². The molecule has 2 rings (SSSR count). The Morgan fingerprint density at radius 2 is 1.30 bits per heavy atom. The zero-order valence-corrected chi connectivity index (χ0v) is 12.2. The van der Waals surface area contributed by atoms with E-state index < -0.39 is 0 Å². The van der Waals surface area contributed by atoms with E-state index in [4.69, 9.17) is 5.73 Å². The molecule has 2 aromatic carbocycles. The molecule has 0 saturated heterocycles. The third-order valence-corrected chi connectivity index (χ3v) is 3.62. The van der Waals surface area contributed by atoms with Crippen LogP contribution in [0.3, 0.4) is 0 Å². The van der Waals surface area contributed by atoms with Crippen LogP contribution in [0, 0.1) is 20.8 Å². The Balaban J connectivity index is 2.42. The Kier molecular flexibility index (Phi) is 4.00. The van der Waals surface area contributed by atoms with Crippen LogP contribution < -0.4 is 5.73 Å². The van der Waals surface area contributed by atoms with Crippen molar-refractivity contribution in [3.8, 4) is 11.5 Å². The summed E-state index contributed by atoms with van der Waals surface area (Å²) in [7, 11) is 0. The molecule has 0 saturated carbocycles. The van der Waals surface area contributed by atoms with Gasteiger partial charge in [-0.1, -0.05) is 24.3 Å². The molecule has 0 fully saturated rings. The highest BCUT2D eigenvalue weighted by atomic mass is 16.3. The smallest absolute Gasteiger partial charge is 0.122 e. The Bertz CT molecular complexity index is 625. The fraction of sp³-hybridized carbons (Fsp3) is 0.294. The summed E-state index contributed by atoms with van der Waals surface area (Å²) < 4.78 is 0. The first-order valence-corrected chi connectivity index (χ1v) is 6.73. The summed E-state index contributed by atoms with van der Waals surface area (Å²) >= 11 is 0. The summed E-state index contributed by atoms with van der Waals surface area (Å²) in [6.45, 7) is 6.10. The van der Waals surface area contributed by atoms with Crippen LogP contribution in [-0.2, 0) is 13.0 Å². The first-order chi connectivity index (χ1) is 9.42. The van der Waals surface area contributed by atoms with E-state index in [1.165, 1.54) is 0 Å². The second-order valence-corrected chi connectivity index (χ2v) is 5.38. The minimum atomic E-state index is 0.325. The van der Waals surface area contributed by atoms with E-state index in [1.54, 1.807) is 0 Å². The van der Waals surface area contributed by atoms with Crippen LogP contribution >= 0.6 is 0 Å². The third kappa shape index (κ3) is 2.78. The van der Waals surface area contributed by atoms with E-state index in [2.05, 4.69) is 0 Å². The Morgan fingerprint density at radius 1 is 0.800 bits per heavy atom. The average molecular weight is 271 g/mol. The lowest BCUT2D eigenvalue weighted by atomic mass is 9.96. The molecule has 4 N–H and O–H groups in total. The molecule has 20 heavy (non-hydrogen) atoms. The molecule has 0 aliphatic carbocycles. The summed E-state index contributed by atoms with van der Waals surface area (Å²) in [5.41, 5.74) is 11.2. The maximum absolute atomic E-state index is 10.2. The largest absolute Gasteiger partial charge is 0.507 e. The molecule has 3 nitrogen and oxygen atoms in total. The molecular formula is C17H21NO2. The lowest BCUT2D eigenvalue weighted by Crippen LogP contribution is -2.00. The van der Waals surface area contributed by atoms with Crippen LogP contribution in [0.4, 0.5) is 0 Å². The van der Waals surface area contributed by atoms with Crippen molar-refractivity contribution in [1.82, 2.24) is 0 Å². The molecule has 0 aliphatic rings. The van der Waals surface area contributed by atoms with Crippen molar-refractivity contribution < 1.29 is 10.2 Å². The number of rotatable bonds is 3. The number of nitrogens with two attached hydrogens (primary N) is 1. The van der Waals surface area contributed by atoms with Crippen LogP contribution in [0.1, 0.15) is 33.4 Å². The maximum Gasteiger partial charge on any atom is 0.122 e. The minimum Gasteiger partial charge on any atom is -0.507 e. The summed E-state index contributed by atoms with van der Waals surface area (Å²) in [5, 5.41) is 20.0. The number of phenolic OH excluding ortho intramolecular Hbond substituents is 2. The van der Waals surface area contributed by atoms with Gasteiger partial charge in [0.05, 0.1) is 0 Å². The normalized spacial score (nSPS) is 10.8. The first-order valence-electron chi connectivity index (χ1n) is 6.73. The van der Waals surface area contributed by atoms with Gasteiger partial charge in [-0.2, -0.15) is 0 Å². The lowest BCUT2D eigenvalue weighted by molar-refractivity contribution is 0.464. The molecule has 0 amide bonds. The topological polar surface area (TPSA) is 66.5 Å². The monoisotopic (exact) mass is 271 g/mol. The molecular weight excluding hydrogens is 250 g/mol. The van der Waals surface area contributed by atoms with Crippen LogP contribution in [0.25, 0.3) is 0 Å². The molecule has 0 bridgehead atoms. The van der Waals surface area contributed by atoms with Crippen molar-refractivity contribution >= 4 is 0 Å². The third-order valence-electron chi connectivity index (χ3n) is 3.62. The van der Waals surface area contributed by atoms with Crippen molar-refractivity contribution in [3.05, 3.63) is 57.6 Å². The Labute approximate surface area is 119 Å². The van der Waals surface area contributed by atoms with Gasteiger partial charge in [0, 0.05) is 13.0 Å². The molecule has 0 atom stereocenters. The Morgan fingerprint density at radius 3 is 1.85 bits per heavy atom. The van der Waals surface area contributed by atoms with E-state index in [0.717, 1.165) is 33.4 Å². The second kappa shape index (κ2) is 5.55. The van der Waals surface area contributed by atoms with Crippen molar-refractivity contribution in [2.45, 2.75) is 33.7 Å². The molecule has 3 heteroatoms. The summed E-state index contributed by atoms with van der Waals surface area (Å²) in [4.78, 5) is 0. The van der Waals surface area contributed by atoms with Crippen molar-refractivity contribution in [3.63, 3.8) is 0 Å². The van der Waals surface area contributed by atoms with E-state index in [1.807, 2.05) is 45.0 Å². The zero-order valence-electron chi connectivity index (χ0n) is 12.2. The molecule has 0 aliphatic heterocycles. The van der Waals surface area contributed by atoms with Gasteiger partial charge in [0.25, 0.3) is 0 Å². The van der Waals surface area contributed by atoms with Gasteiger partial charge in [-0.15, -0.1) is 0 Å². The quantitative estimate of drug-likeness (QED) is 0.803. The molecule has 0 spiro atoms. The lowest BCUT2D eigenvalue weighted by Gasteiger charge is -2.12. The van der Waals surface area contributed by atoms with Gasteiger partial charge < -0.3 is 15.9 Å². The fourth-order valence-corrected chi connectivity index (χ4v) is 2.55. The van der Waals surface area contributed by atoms with E-state index in [9.17, 15) is 10.2 Å². The first kappa shape index (κ1) is 14.4. The maximum atomic E-state index is 10.2. The summed E-state index contributed by atoms with van der Waals surface area (Å²) in [6.07, 6.45) is 0.627. The average Bonchev–Trinajstić information content (AvgIpc) is 2.40. The number of aromatic hydroxyl groups is 2.